The smallest absolute Gasteiger partial charge is 0.231 e. The normalized spacial score (nSPS) is 14.9. The lowest BCUT2D eigenvalue weighted by atomic mass is 9.97. The molecule has 0 spiro atoms. The average molecular weight is 289 g/mol. The van der Waals surface area contributed by atoms with Gasteiger partial charge >= 0.3 is 0 Å². The van der Waals surface area contributed by atoms with E-state index in [1.165, 1.54) is 0 Å². The van der Waals surface area contributed by atoms with Crippen LogP contribution in [0.25, 0.3) is 0 Å². The van der Waals surface area contributed by atoms with Crippen molar-refractivity contribution >= 4 is 22.2 Å². The molecule has 0 aromatic heterocycles. The number of benzene rings is 1. The molecule has 0 amide bonds. The number of aldehydes is 1. The molecule has 1 heterocycles. The standard InChI is InChI=1S/C11H10BrFO3/c1-6(2-3-14)9-7(12)4-8-11(10(9)13)16-5-15-8/h3-4,6H,2,5H2,1H3. The molecule has 0 saturated carbocycles. The van der Waals surface area contributed by atoms with Crippen LogP contribution in [0.15, 0.2) is 10.5 Å². The third kappa shape index (κ3) is 1.80. The molecule has 1 atom stereocenters. The maximum atomic E-state index is 14.1. The van der Waals surface area contributed by atoms with Gasteiger partial charge in [-0.3, -0.25) is 0 Å². The van der Waals surface area contributed by atoms with E-state index in [1.807, 2.05) is 0 Å². The van der Waals surface area contributed by atoms with Gasteiger partial charge < -0.3 is 14.3 Å². The largest absolute Gasteiger partial charge is 0.453 e. The third-order valence-corrected chi connectivity index (χ3v) is 3.19. The second kappa shape index (κ2) is 4.41. The molecule has 1 aromatic rings. The van der Waals surface area contributed by atoms with Gasteiger partial charge in [0.15, 0.2) is 11.6 Å². The van der Waals surface area contributed by atoms with E-state index >= 15 is 0 Å². The molecule has 3 nitrogen and oxygen atoms in total. The Morgan fingerprint density at radius 1 is 1.62 bits per heavy atom. The highest BCUT2D eigenvalue weighted by Crippen LogP contribution is 2.43. The van der Waals surface area contributed by atoms with Crippen LogP contribution in [0.1, 0.15) is 24.8 Å². The SMILES string of the molecule is CC(CC=O)c1c(Br)cc2c(c1F)OCO2. The van der Waals surface area contributed by atoms with E-state index in [-0.39, 0.29) is 24.9 Å². The summed E-state index contributed by atoms with van der Waals surface area (Å²) in [7, 11) is 0. The Hall–Kier alpha value is -1.10. The molecule has 0 fully saturated rings. The highest BCUT2D eigenvalue weighted by atomic mass is 79.9. The third-order valence-electron chi connectivity index (χ3n) is 2.54. The number of fused-ring (bicyclic) bond motifs is 1. The van der Waals surface area contributed by atoms with Gasteiger partial charge in [0.2, 0.25) is 12.5 Å². The van der Waals surface area contributed by atoms with Gasteiger partial charge in [-0.05, 0) is 12.0 Å². The van der Waals surface area contributed by atoms with Gasteiger partial charge in [-0.15, -0.1) is 0 Å². The van der Waals surface area contributed by atoms with Crippen LogP contribution in [0.5, 0.6) is 11.5 Å². The zero-order chi connectivity index (χ0) is 11.7. The molecule has 86 valence electrons. The van der Waals surface area contributed by atoms with Gasteiger partial charge in [-0.1, -0.05) is 22.9 Å². The van der Waals surface area contributed by atoms with E-state index in [1.54, 1.807) is 13.0 Å². The van der Waals surface area contributed by atoms with Crippen molar-refractivity contribution in [2.75, 3.05) is 6.79 Å². The monoisotopic (exact) mass is 288 g/mol. The van der Waals surface area contributed by atoms with Gasteiger partial charge in [-0.25, -0.2) is 4.39 Å². The van der Waals surface area contributed by atoms with E-state index in [0.717, 1.165) is 6.29 Å². The van der Waals surface area contributed by atoms with Crippen molar-refractivity contribution in [3.8, 4) is 11.5 Å². The van der Waals surface area contributed by atoms with Crippen LogP contribution in [0, 0.1) is 5.82 Å². The van der Waals surface area contributed by atoms with E-state index in [9.17, 15) is 9.18 Å². The second-order valence-corrected chi connectivity index (χ2v) is 4.48. The summed E-state index contributed by atoms with van der Waals surface area (Å²) >= 11 is 3.28. The molecule has 1 unspecified atom stereocenters. The minimum absolute atomic E-state index is 0.0320. The topological polar surface area (TPSA) is 35.5 Å². The van der Waals surface area contributed by atoms with Gasteiger partial charge in [0.1, 0.15) is 6.29 Å². The summed E-state index contributed by atoms with van der Waals surface area (Å²) in [6, 6.07) is 1.67. The molecule has 1 aliphatic rings. The first-order valence-corrected chi connectivity index (χ1v) is 5.65. The van der Waals surface area contributed by atoms with Crippen molar-refractivity contribution in [3.63, 3.8) is 0 Å². The van der Waals surface area contributed by atoms with Crippen LogP contribution >= 0.6 is 15.9 Å². The lowest BCUT2D eigenvalue weighted by molar-refractivity contribution is -0.108. The molecular weight excluding hydrogens is 279 g/mol. The van der Waals surface area contributed by atoms with Crippen molar-refractivity contribution in [1.29, 1.82) is 0 Å². The molecule has 2 rings (SSSR count). The number of hydrogen-bond acceptors (Lipinski definition) is 3. The summed E-state index contributed by atoms with van der Waals surface area (Å²) in [6.07, 6.45) is 1.05. The molecule has 0 saturated heterocycles. The summed E-state index contributed by atoms with van der Waals surface area (Å²) in [5.41, 5.74) is 0.455. The van der Waals surface area contributed by atoms with Crippen LogP contribution in [-0.4, -0.2) is 13.1 Å². The number of ether oxygens (including phenoxy) is 2. The molecule has 0 aliphatic carbocycles. The molecule has 1 aliphatic heterocycles. The van der Waals surface area contributed by atoms with Gasteiger partial charge in [0, 0.05) is 16.5 Å². The van der Waals surface area contributed by atoms with Crippen molar-refractivity contribution in [3.05, 3.63) is 21.9 Å². The maximum Gasteiger partial charge on any atom is 0.231 e. The fourth-order valence-electron chi connectivity index (χ4n) is 1.70. The van der Waals surface area contributed by atoms with Crippen LogP contribution in [0.4, 0.5) is 4.39 Å². The zero-order valence-electron chi connectivity index (χ0n) is 8.63. The molecule has 1 aromatic carbocycles. The van der Waals surface area contributed by atoms with E-state index < -0.39 is 5.82 Å². The molecule has 16 heavy (non-hydrogen) atoms. The van der Waals surface area contributed by atoms with E-state index in [0.29, 0.717) is 15.8 Å². The lowest BCUT2D eigenvalue weighted by Crippen LogP contribution is -2.01. The molecule has 0 bridgehead atoms. The quantitative estimate of drug-likeness (QED) is 0.802. The number of halogens is 2. The number of carbonyl (C=O) groups is 1. The minimum Gasteiger partial charge on any atom is -0.453 e. The highest BCUT2D eigenvalue weighted by molar-refractivity contribution is 9.10. The number of hydrogen-bond donors (Lipinski definition) is 0. The Bertz CT molecular complexity index is 434. The minimum atomic E-state index is -0.448. The number of carbonyl (C=O) groups excluding carboxylic acids is 1. The first-order valence-electron chi connectivity index (χ1n) is 4.86. The van der Waals surface area contributed by atoms with Gasteiger partial charge in [0.25, 0.3) is 0 Å². The van der Waals surface area contributed by atoms with Crippen LogP contribution in [0.2, 0.25) is 0 Å². The summed E-state index contributed by atoms with van der Waals surface area (Å²) in [5, 5.41) is 0. The summed E-state index contributed by atoms with van der Waals surface area (Å²) in [6.45, 7) is 1.82. The highest BCUT2D eigenvalue weighted by Gasteiger charge is 2.26. The van der Waals surface area contributed by atoms with Crippen molar-refractivity contribution in [2.24, 2.45) is 0 Å². The van der Waals surface area contributed by atoms with E-state index in [2.05, 4.69) is 15.9 Å². The Morgan fingerprint density at radius 2 is 2.38 bits per heavy atom. The van der Waals surface area contributed by atoms with Crippen molar-refractivity contribution in [1.82, 2.24) is 0 Å². The summed E-state index contributed by atoms with van der Waals surface area (Å²) < 4.78 is 24.8. The molecule has 0 N–H and O–H groups in total. The first kappa shape index (κ1) is 11.4. The Labute approximate surface area is 101 Å². The lowest BCUT2D eigenvalue weighted by Gasteiger charge is -2.13. The Balaban J connectivity index is 2.49. The number of rotatable bonds is 3. The van der Waals surface area contributed by atoms with Gasteiger partial charge in [-0.2, -0.15) is 0 Å². The molecule has 0 radical (unpaired) electrons. The summed E-state index contributed by atoms with van der Waals surface area (Å²) in [5.74, 6) is -0.111. The van der Waals surface area contributed by atoms with Crippen molar-refractivity contribution in [2.45, 2.75) is 19.3 Å². The van der Waals surface area contributed by atoms with Crippen molar-refractivity contribution < 1.29 is 18.7 Å². The first-order chi connectivity index (χ1) is 7.65. The fraction of sp³-hybridized carbons (Fsp3) is 0.364. The van der Waals surface area contributed by atoms with Crippen LogP contribution in [-0.2, 0) is 4.79 Å². The molecular formula is C11H10BrFO3. The van der Waals surface area contributed by atoms with Gasteiger partial charge in [0.05, 0.1) is 0 Å². The second-order valence-electron chi connectivity index (χ2n) is 3.62. The predicted octanol–water partition coefficient (Wildman–Crippen LogP) is 3.01. The predicted molar refractivity (Wildman–Crippen MR) is 59.3 cm³/mol. The van der Waals surface area contributed by atoms with Crippen LogP contribution in [0.3, 0.4) is 0 Å². The van der Waals surface area contributed by atoms with E-state index in [4.69, 9.17) is 9.47 Å². The maximum absolute atomic E-state index is 14.1. The Kier molecular flexibility index (Phi) is 3.14. The summed E-state index contributed by atoms with van der Waals surface area (Å²) in [4.78, 5) is 10.5. The molecule has 5 heteroatoms. The average Bonchev–Trinajstić information content (AvgIpc) is 2.66. The zero-order valence-corrected chi connectivity index (χ0v) is 10.2. The van der Waals surface area contributed by atoms with Crippen LogP contribution < -0.4 is 9.47 Å². The fourth-order valence-corrected chi connectivity index (χ4v) is 2.47. The Morgan fingerprint density at radius 3 is 3.06 bits per heavy atom.